The van der Waals surface area contributed by atoms with Crippen molar-refractivity contribution in [3.63, 3.8) is 0 Å². The molecule has 0 aromatic heterocycles. The Balaban J connectivity index is 1.78. The summed E-state index contributed by atoms with van der Waals surface area (Å²) in [6, 6.07) is 9.52. The fourth-order valence-electron chi connectivity index (χ4n) is 2.78. The number of benzene rings is 1. The van der Waals surface area contributed by atoms with Crippen molar-refractivity contribution < 1.29 is 9.59 Å². The van der Waals surface area contributed by atoms with Gasteiger partial charge in [-0.2, -0.15) is 0 Å². The molecule has 1 aromatic carbocycles. The third-order valence-electron chi connectivity index (χ3n) is 4.06. The van der Waals surface area contributed by atoms with Crippen LogP contribution in [0.2, 0.25) is 0 Å². The predicted molar refractivity (Wildman–Crippen MR) is 83.8 cm³/mol. The molecule has 0 heterocycles. The maximum Gasteiger partial charge on any atom is 0.227 e. The zero-order valence-corrected chi connectivity index (χ0v) is 12.6. The lowest BCUT2D eigenvalue weighted by Gasteiger charge is -2.27. The van der Waals surface area contributed by atoms with Crippen LogP contribution >= 0.6 is 0 Å². The Morgan fingerprint density at radius 3 is 2.14 bits per heavy atom. The molecule has 4 nitrogen and oxygen atoms in total. The van der Waals surface area contributed by atoms with Crippen LogP contribution in [-0.2, 0) is 9.59 Å². The highest BCUT2D eigenvalue weighted by Crippen LogP contribution is 2.29. The lowest BCUT2D eigenvalue weighted by molar-refractivity contribution is -0.128. The summed E-state index contributed by atoms with van der Waals surface area (Å²) in [5, 5.41) is 5.90. The van der Waals surface area contributed by atoms with Gasteiger partial charge in [0.1, 0.15) is 0 Å². The summed E-state index contributed by atoms with van der Waals surface area (Å²) < 4.78 is 0. The van der Waals surface area contributed by atoms with Gasteiger partial charge < -0.3 is 10.6 Å². The van der Waals surface area contributed by atoms with Gasteiger partial charge >= 0.3 is 0 Å². The number of nitrogens with one attached hydrogen (secondary N) is 2. The molecule has 1 fully saturated rings. The van der Waals surface area contributed by atoms with Crippen molar-refractivity contribution in [3.8, 4) is 0 Å². The fourth-order valence-corrected chi connectivity index (χ4v) is 2.78. The molecule has 0 spiro atoms. The largest absolute Gasteiger partial charge is 0.356 e. The van der Waals surface area contributed by atoms with Gasteiger partial charge in [-0.15, -0.1) is 0 Å². The van der Waals surface area contributed by atoms with Gasteiger partial charge in [0.25, 0.3) is 0 Å². The van der Waals surface area contributed by atoms with Crippen LogP contribution in [0, 0.1) is 11.8 Å². The van der Waals surface area contributed by atoms with E-state index < -0.39 is 0 Å². The Bertz CT molecular complexity index is 465. The maximum absolute atomic E-state index is 12.2. The minimum absolute atomic E-state index is 0.0282. The molecule has 1 saturated carbocycles. The van der Waals surface area contributed by atoms with Crippen LogP contribution in [0.25, 0.3) is 0 Å². The van der Waals surface area contributed by atoms with E-state index in [1.807, 2.05) is 37.3 Å². The first kappa shape index (κ1) is 15.5. The van der Waals surface area contributed by atoms with E-state index in [9.17, 15) is 9.59 Å². The highest BCUT2D eigenvalue weighted by molar-refractivity contribution is 5.92. The standard InChI is InChI=1S/C17H24N2O2/c1-2-12-18-16(20)13-8-10-14(11-9-13)17(21)19-15-6-4-3-5-7-15/h3-7,13-14H,2,8-12H2,1H3,(H,18,20)(H,19,21). The van der Waals surface area contributed by atoms with Crippen LogP contribution in [0.1, 0.15) is 39.0 Å². The second-order valence-corrected chi connectivity index (χ2v) is 5.69. The van der Waals surface area contributed by atoms with Crippen molar-refractivity contribution in [2.45, 2.75) is 39.0 Å². The molecule has 0 saturated heterocycles. The summed E-state index contributed by atoms with van der Waals surface area (Å²) in [5.74, 6) is 0.338. The van der Waals surface area contributed by atoms with Crippen LogP contribution in [0.15, 0.2) is 30.3 Å². The molecule has 4 heteroatoms. The predicted octanol–water partition coefficient (Wildman–Crippen LogP) is 2.96. The van der Waals surface area contributed by atoms with Crippen molar-refractivity contribution in [1.29, 1.82) is 0 Å². The molecular weight excluding hydrogens is 264 g/mol. The molecule has 0 unspecified atom stereocenters. The minimum Gasteiger partial charge on any atom is -0.356 e. The SMILES string of the molecule is CCCNC(=O)C1CCC(C(=O)Nc2ccccc2)CC1. The molecule has 2 rings (SSSR count). The van der Waals surface area contributed by atoms with E-state index in [-0.39, 0.29) is 23.7 Å². The van der Waals surface area contributed by atoms with E-state index in [1.165, 1.54) is 0 Å². The van der Waals surface area contributed by atoms with Crippen LogP contribution in [0.5, 0.6) is 0 Å². The Hall–Kier alpha value is -1.84. The van der Waals surface area contributed by atoms with Gasteiger partial charge in [0.05, 0.1) is 0 Å². The third-order valence-corrected chi connectivity index (χ3v) is 4.06. The normalized spacial score (nSPS) is 21.6. The maximum atomic E-state index is 12.2. The van der Waals surface area contributed by atoms with Crippen molar-refractivity contribution in [3.05, 3.63) is 30.3 Å². The number of carbonyl (C=O) groups excluding carboxylic acids is 2. The molecule has 1 aliphatic rings. The second kappa shape index (κ2) is 7.81. The topological polar surface area (TPSA) is 58.2 Å². The Morgan fingerprint density at radius 2 is 1.57 bits per heavy atom. The zero-order valence-electron chi connectivity index (χ0n) is 12.6. The third kappa shape index (κ3) is 4.59. The van der Waals surface area contributed by atoms with Crippen LogP contribution in [-0.4, -0.2) is 18.4 Å². The Morgan fingerprint density at radius 1 is 1.00 bits per heavy atom. The smallest absolute Gasteiger partial charge is 0.227 e. The van der Waals surface area contributed by atoms with Crippen molar-refractivity contribution >= 4 is 17.5 Å². The monoisotopic (exact) mass is 288 g/mol. The first-order valence-electron chi connectivity index (χ1n) is 7.84. The summed E-state index contributed by atoms with van der Waals surface area (Å²) in [5.41, 5.74) is 0.838. The molecule has 1 aromatic rings. The van der Waals surface area contributed by atoms with Gasteiger partial charge in [0.2, 0.25) is 11.8 Å². The number of para-hydroxylation sites is 1. The Kier molecular flexibility index (Phi) is 5.78. The molecule has 114 valence electrons. The summed E-state index contributed by atoms with van der Waals surface area (Å²) >= 11 is 0. The number of anilines is 1. The number of hydrogen-bond donors (Lipinski definition) is 2. The van der Waals surface area contributed by atoms with E-state index >= 15 is 0 Å². The summed E-state index contributed by atoms with van der Waals surface area (Å²) in [4.78, 5) is 24.1. The number of amides is 2. The first-order valence-corrected chi connectivity index (χ1v) is 7.84. The molecule has 0 bridgehead atoms. The van der Waals surface area contributed by atoms with E-state index in [0.717, 1.165) is 44.3 Å². The van der Waals surface area contributed by atoms with E-state index in [0.29, 0.717) is 0 Å². The van der Waals surface area contributed by atoms with E-state index in [4.69, 9.17) is 0 Å². The highest BCUT2D eigenvalue weighted by atomic mass is 16.2. The van der Waals surface area contributed by atoms with Crippen LogP contribution in [0.4, 0.5) is 5.69 Å². The van der Waals surface area contributed by atoms with Crippen molar-refractivity contribution in [2.24, 2.45) is 11.8 Å². The summed E-state index contributed by atoms with van der Waals surface area (Å²) in [6.07, 6.45) is 4.16. The van der Waals surface area contributed by atoms with Gasteiger partial charge in [-0.1, -0.05) is 25.1 Å². The molecule has 21 heavy (non-hydrogen) atoms. The number of rotatable bonds is 5. The molecule has 0 atom stereocenters. The van der Waals surface area contributed by atoms with Crippen LogP contribution in [0.3, 0.4) is 0 Å². The van der Waals surface area contributed by atoms with Gasteiger partial charge in [0, 0.05) is 24.1 Å². The van der Waals surface area contributed by atoms with Crippen molar-refractivity contribution in [2.75, 3.05) is 11.9 Å². The summed E-state index contributed by atoms with van der Waals surface area (Å²) in [6.45, 7) is 2.79. The lowest BCUT2D eigenvalue weighted by Crippen LogP contribution is -2.35. The average Bonchev–Trinajstić information content (AvgIpc) is 2.53. The van der Waals surface area contributed by atoms with Gasteiger partial charge in [-0.05, 0) is 44.2 Å². The number of hydrogen-bond acceptors (Lipinski definition) is 2. The van der Waals surface area contributed by atoms with Gasteiger partial charge in [0.15, 0.2) is 0 Å². The fraction of sp³-hybridized carbons (Fsp3) is 0.529. The van der Waals surface area contributed by atoms with Crippen LogP contribution < -0.4 is 10.6 Å². The number of carbonyl (C=O) groups is 2. The molecule has 0 aliphatic heterocycles. The average molecular weight is 288 g/mol. The van der Waals surface area contributed by atoms with E-state index in [2.05, 4.69) is 10.6 Å². The molecular formula is C17H24N2O2. The quantitative estimate of drug-likeness (QED) is 0.875. The summed E-state index contributed by atoms with van der Waals surface area (Å²) in [7, 11) is 0. The highest BCUT2D eigenvalue weighted by Gasteiger charge is 2.29. The molecule has 2 N–H and O–H groups in total. The molecule has 0 radical (unpaired) electrons. The minimum atomic E-state index is 0.0282. The molecule has 1 aliphatic carbocycles. The van der Waals surface area contributed by atoms with Crippen molar-refractivity contribution in [1.82, 2.24) is 5.32 Å². The second-order valence-electron chi connectivity index (χ2n) is 5.69. The van der Waals surface area contributed by atoms with E-state index in [1.54, 1.807) is 0 Å². The van der Waals surface area contributed by atoms with Gasteiger partial charge in [-0.3, -0.25) is 9.59 Å². The molecule has 2 amide bonds. The first-order chi connectivity index (χ1) is 10.2. The zero-order chi connectivity index (χ0) is 15.1. The van der Waals surface area contributed by atoms with Gasteiger partial charge in [-0.25, -0.2) is 0 Å². The lowest BCUT2D eigenvalue weighted by atomic mass is 9.81. The Labute approximate surface area is 126 Å².